The van der Waals surface area contributed by atoms with Crippen LogP contribution in [0.15, 0.2) is 285 Å². The number of benzene rings is 9. The Morgan fingerprint density at radius 2 is 1.07 bits per heavy atom. The van der Waals surface area contributed by atoms with E-state index < -0.39 is 5.41 Å². The molecule has 3 aliphatic rings. The minimum absolute atomic E-state index is 0.747. The van der Waals surface area contributed by atoms with E-state index in [9.17, 15) is 0 Å². The SMILES string of the molecule is C=C/C=C(\c1cc2ccccc2n1-c1ccccc1)N(C1=CC=CCC1)c1cc2c(cc1-c1ccccc1)-c1ccccc1C21c2cc#ccc2-c2cc(-c3ccccc3)c(N(c3ccccc3)c3ccccc3)cc21. The Kier molecular flexibility index (Phi) is 10.9. The van der Waals surface area contributed by atoms with Crippen molar-refractivity contribution in [1.29, 1.82) is 0 Å². The third-order valence-electron chi connectivity index (χ3n) is 15.7. The smallest absolute Gasteiger partial charge is 0.0733 e. The first-order valence-electron chi connectivity index (χ1n) is 26.3. The third kappa shape index (κ3) is 7.07. The van der Waals surface area contributed by atoms with E-state index >= 15 is 0 Å². The lowest BCUT2D eigenvalue weighted by Crippen LogP contribution is -2.28. The molecule has 0 radical (unpaired) electrons. The monoisotopic (exact) mass is 969 g/mol. The molecule has 1 aromatic heterocycles. The molecule has 3 heteroatoms. The quantitative estimate of drug-likeness (QED) is 0.120. The second kappa shape index (κ2) is 18.6. The Morgan fingerprint density at radius 1 is 0.500 bits per heavy atom. The highest BCUT2D eigenvalue weighted by molar-refractivity contribution is 6.03. The van der Waals surface area contributed by atoms with Gasteiger partial charge in [0.1, 0.15) is 0 Å². The molecule has 0 saturated heterocycles. The highest BCUT2D eigenvalue weighted by Crippen LogP contribution is 2.65. The van der Waals surface area contributed by atoms with E-state index in [1.807, 2.05) is 6.08 Å². The summed E-state index contributed by atoms with van der Waals surface area (Å²) in [5, 5.41) is 1.17. The van der Waals surface area contributed by atoms with Gasteiger partial charge in [-0.15, -0.1) is 0 Å². The average Bonchev–Trinajstić information content (AvgIpc) is 4.31. The average molecular weight is 970 g/mol. The maximum absolute atomic E-state index is 4.42. The van der Waals surface area contributed by atoms with Crippen molar-refractivity contribution in [3.63, 3.8) is 0 Å². The lowest BCUT2D eigenvalue weighted by molar-refractivity contribution is 0.793. The van der Waals surface area contributed by atoms with E-state index in [2.05, 4.69) is 300 Å². The second-order valence-corrected chi connectivity index (χ2v) is 19.8. The zero-order valence-corrected chi connectivity index (χ0v) is 41.9. The minimum atomic E-state index is -0.747. The van der Waals surface area contributed by atoms with Crippen LogP contribution in [0, 0.1) is 12.1 Å². The standard InChI is InChI=1S/C73H51N3/c1-2-27-69(72-46-53-32-21-26-45-68(53)75(72)56-37-17-7-18-38-56)76(57-39-19-8-20-40-57)71-50-67-63(48-61(71)52-30-11-4-12-31-52)59-42-23-25-44-65(59)73(67)64-43-24-22-41-58(64)62-47-60(51-28-9-3-10-29-51)70(49-66(62)73)74(54-33-13-5-14-34-54)55-35-15-6-16-36-55/h2-19,21,23,25-39,41-50H,1,20,40H2/b69-27+. The molecule has 1 heterocycles. The van der Waals surface area contributed by atoms with Crippen LogP contribution in [0.25, 0.3) is 66.8 Å². The largest absolute Gasteiger partial charge is 0.311 e. The summed E-state index contributed by atoms with van der Waals surface area (Å²) in [5.74, 6) is 0. The topological polar surface area (TPSA) is 11.4 Å². The van der Waals surface area contributed by atoms with Gasteiger partial charge in [-0.1, -0.05) is 195 Å². The Morgan fingerprint density at radius 3 is 1.72 bits per heavy atom. The highest BCUT2D eigenvalue weighted by Gasteiger charge is 2.53. The number of fused-ring (bicyclic) bond motifs is 11. The molecule has 0 bridgehead atoms. The molecular formula is C73H51N3. The van der Waals surface area contributed by atoms with Gasteiger partial charge in [0, 0.05) is 39.3 Å². The van der Waals surface area contributed by atoms with Crippen LogP contribution in [-0.4, -0.2) is 4.57 Å². The van der Waals surface area contributed by atoms with Crippen molar-refractivity contribution >= 4 is 39.3 Å². The summed E-state index contributed by atoms with van der Waals surface area (Å²) >= 11 is 0. The molecule has 358 valence electrons. The molecule has 0 amide bonds. The molecule has 11 aromatic rings. The van der Waals surface area contributed by atoms with Gasteiger partial charge in [-0.05, 0) is 166 Å². The number of hydrogen-bond acceptors (Lipinski definition) is 2. The van der Waals surface area contributed by atoms with Gasteiger partial charge < -0.3 is 14.4 Å². The van der Waals surface area contributed by atoms with E-state index in [1.165, 1.54) is 50.0 Å². The van der Waals surface area contributed by atoms with E-state index in [4.69, 9.17) is 0 Å². The minimum Gasteiger partial charge on any atom is -0.311 e. The number of para-hydroxylation sites is 4. The summed E-state index contributed by atoms with van der Waals surface area (Å²) in [6.45, 7) is 4.42. The second-order valence-electron chi connectivity index (χ2n) is 19.8. The fourth-order valence-corrected chi connectivity index (χ4v) is 12.5. The molecule has 3 nitrogen and oxygen atoms in total. The molecule has 3 aliphatic carbocycles. The van der Waals surface area contributed by atoms with Crippen LogP contribution in [0.5, 0.6) is 0 Å². The molecular weight excluding hydrogens is 919 g/mol. The van der Waals surface area contributed by atoms with Crippen LogP contribution < -0.4 is 9.80 Å². The zero-order valence-electron chi connectivity index (χ0n) is 41.9. The summed E-state index contributed by atoms with van der Waals surface area (Å²) < 4.78 is 2.41. The van der Waals surface area contributed by atoms with Crippen LogP contribution >= 0.6 is 0 Å². The molecule has 10 aromatic carbocycles. The lowest BCUT2D eigenvalue weighted by atomic mass is 9.70. The summed E-state index contributed by atoms with van der Waals surface area (Å²) in [6.07, 6.45) is 12.8. The highest BCUT2D eigenvalue weighted by atomic mass is 15.2. The predicted molar refractivity (Wildman–Crippen MR) is 316 cm³/mol. The van der Waals surface area contributed by atoms with Crippen molar-refractivity contribution < 1.29 is 0 Å². The van der Waals surface area contributed by atoms with Crippen LogP contribution in [-0.2, 0) is 5.41 Å². The Hall–Kier alpha value is -9.88. The number of aromatic nitrogens is 1. The van der Waals surface area contributed by atoms with Gasteiger partial charge in [0.2, 0.25) is 0 Å². The van der Waals surface area contributed by atoms with Crippen LogP contribution in [0.1, 0.15) is 40.8 Å². The van der Waals surface area contributed by atoms with Crippen molar-refractivity contribution in [2.45, 2.75) is 18.3 Å². The van der Waals surface area contributed by atoms with Crippen LogP contribution in [0.3, 0.4) is 0 Å². The molecule has 0 fully saturated rings. The van der Waals surface area contributed by atoms with E-state index in [-0.39, 0.29) is 0 Å². The molecule has 0 aliphatic heterocycles. The number of nitrogens with zero attached hydrogens (tertiary/aromatic N) is 3. The Balaban J connectivity index is 1.11. The molecule has 1 atom stereocenters. The fraction of sp³-hybridized carbons (Fsp3) is 0.0411. The van der Waals surface area contributed by atoms with Crippen molar-refractivity contribution in [1.82, 2.24) is 4.57 Å². The van der Waals surface area contributed by atoms with Gasteiger partial charge in [0.25, 0.3) is 0 Å². The first-order valence-corrected chi connectivity index (χ1v) is 26.3. The maximum atomic E-state index is 4.42. The van der Waals surface area contributed by atoms with E-state index in [0.29, 0.717) is 0 Å². The first kappa shape index (κ1) is 44.8. The molecule has 0 N–H and O–H groups in total. The van der Waals surface area contributed by atoms with Gasteiger partial charge in [-0.3, -0.25) is 0 Å². The van der Waals surface area contributed by atoms with E-state index in [1.54, 1.807) is 0 Å². The lowest BCUT2D eigenvalue weighted by Gasteiger charge is -2.36. The molecule has 76 heavy (non-hydrogen) atoms. The van der Waals surface area contributed by atoms with Crippen molar-refractivity contribution in [3.8, 4) is 50.2 Å². The third-order valence-corrected chi connectivity index (χ3v) is 15.7. The van der Waals surface area contributed by atoms with Gasteiger partial charge in [0.05, 0.1) is 33.7 Å². The molecule has 1 spiro atoms. The van der Waals surface area contributed by atoms with Crippen LogP contribution in [0.2, 0.25) is 0 Å². The van der Waals surface area contributed by atoms with Gasteiger partial charge in [0.15, 0.2) is 0 Å². The van der Waals surface area contributed by atoms with Crippen molar-refractivity contribution in [2.75, 3.05) is 9.80 Å². The van der Waals surface area contributed by atoms with Gasteiger partial charge in [-0.2, -0.15) is 0 Å². The van der Waals surface area contributed by atoms with Crippen molar-refractivity contribution in [3.05, 3.63) is 325 Å². The van der Waals surface area contributed by atoms with E-state index in [0.717, 1.165) is 86.0 Å². The number of rotatable bonds is 11. The summed E-state index contributed by atoms with van der Waals surface area (Å²) in [6, 6.07) is 95.8. The first-order chi connectivity index (χ1) is 37.7. The van der Waals surface area contributed by atoms with Crippen molar-refractivity contribution in [2.24, 2.45) is 0 Å². The number of anilines is 4. The predicted octanol–water partition coefficient (Wildman–Crippen LogP) is 18.6. The van der Waals surface area contributed by atoms with Crippen LogP contribution in [0.4, 0.5) is 22.7 Å². The summed E-state index contributed by atoms with van der Waals surface area (Å²) in [7, 11) is 0. The Bertz CT molecular complexity index is 4060. The number of allylic oxidation sites excluding steroid dienone is 6. The Labute approximate surface area is 445 Å². The normalized spacial score (nSPS) is 14.8. The molecule has 1 unspecified atom stereocenters. The summed E-state index contributed by atoms with van der Waals surface area (Å²) in [4.78, 5) is 4.99. The van der Waals surface area contributed by atoms with Gasteiger partial charge in [-0.25, -0.2) is 0 Å². The summed E-state index contributed by atoms with van der Waals surface area (Å²) in [5.41, 5.74) is 23.4. The number of hydrogen-bond donors (Lipinski definition) is 0. The molecule has 0 saturated carbocycles. The van der Waals surface area contributed by atoms with Gasteiger partial charge >= 0.3 is 0 Å². The zero-order chi connectivity index (χ0) is 50.6. The maximum Gasteiger partial charge on any atom is 0.0733 e. The molecule has 14 rings (SSSR count). The fourth-order valence-electron chi connectivity index (χ4n) is 12.5.